The number of pyridine rings is 1. The molecule has 1 atom stereocenters. The Hall–Kier alpha value is -3.62. The molecule has 35 heavy (non-hydrogen) atoms. The maximum Gasteiger partial charge on any atom is 0.433 e. The number of alkyl halides is 6. The summed E-state index contributed by atoms with van der Waals surface area (Å²) in [5, 5.41) is 2.56. The number of nitrogens with zero attached hydrogens (tertiary/aromatic N) is 4. The van der Waals surface area contributed by atoms with Gasteiger partial charge in [-0.15, -0.1) is 11.3 Å². The molecule has 1 unspecified atom stereocenters. The number of aryl methyl sites for hydroxylation is 1. The molecule has 0 spiro atoms. The zero-order valence-corrected chi connectivity index (χ0v) is 18.9. The molecule has 1 amide bonds. The van der Waals surface area contributed by atoms with E-state index < -0.39 is 47.2 Å². The van der Waals surface area contributed by atoms with Crippen molar-refractivity contribution in [3.05, 3.63) is 57.7 Å². The topological polar surface area (TPSA) is 107 Å². The minimum atomic E-state index is -5.21. The third kappa shape index (κ3) is 5.90. The second kappa shape index (κ2) is 9.56. The van der Waals surface area contributed by atoms with Crippen molar-refractivity contribution in [2.45, 2.75) is 32.2 Å². The van der Waals surface area contributed by atoms with Crippen molar-refractivity contribution in [3.63, 3.8) is 0 Å². The number of aromatic nitrogens is 4. The maximum atomic E-state index is 13.1. The molecule has 3 rings (SSSR count). The Bertz CT molecular complexity index is 1240. The molecule has 3 aromatic rings. The predicted molar refractivity (Wildman–Crippen MR) is 109 cm³/mol. The third-order valence-electron chi connectivity index (χ3n) is 4.44. The van der Waals surface area contributed by atoms with Gasteiger partial charge in [0.05, 0.1) is 30.7 Å². The number of esters is 1. The van der Waals surface area contributed by atoms with E-state index in [1.165, 1.54) is 26.4 Å². The summed E-state index contributed by atoms with van der Waals surface area (Å²) < 4.78 is 83.1. The van der Waals surface area contributed by atoms with Gasteiger partial charge in [0, 0.05) is 11.8 Å². The Morgan fingerprint density at radius 2 is 1.60 bits per heavy atom. The second-order valence-electron chi connectivity index (χ2n) is 7.08. The fourth-order valence-electron chi connectivity index (χ4n) is 2.84. The van der Waals surface area contributed by atoms with Crippen molar-refractivity contribution >= 4 is 23.2 Å². The number of nitrogens with one attached hydrogen (secondary N) is 1. The van der Waals surface area contributed by atoms with Gasteiger partial charge in [0.2, 0.25) is 0 Å². The lowest BCUT2D eigenvalue weighted by atomic mass is 10.1. The standard InChI is InChI=1S/C20H15F6N5O3S/c1-8-6-27-15(17-28-7-11(35-17)18(33)34-3)14(29-8)9(2)30-16(32)10-4-12(19(21,22)23)31-13(5-10)20(24,25)26/h4-7,9H,1-3H3,(H,30,32). The lowest BCUT2D eigenvalue weighted by molar-refractivity contribution is -0.150. The quantitative estimate of drug-likeness (QED) is 0.387. The van der Waals surface area contributed by atoms with Gasteiger partial charge in [-0.2, -0.15) is 26.3 Å². The summed E-state index contributed by atoms with van der Waals surface area (Å²) in [6.07, 6.45) is -7.78. The molecule has 0 saturated heterocycles. The van der Waals surface area contributed by atoms with Gasteiger partial charge in [0.25, 0.3) is 5.91 Å². The molecule has 8 nitrogen and oxygen atoms in total. The van der Waals surface area contributed by atoms with E-state index in [0.29, 0.717) is 5.69 Å². The van der Waals surface area contributed by atoms with Gasteiger partial charge >= 0.3 is 18.3 Å². The molecule has 0 aliphatic rings. The molecule has 3 heterocycles. The summed E-state index contributed by atoms with van der Waals surface area (Å²) in [7, 11) is 1.18. The highest BCUT2D eigenvalue weighted by Gasteiger charge is 2.39. The van der Waals surface area contributed by atoms with Gasteiger partial charge in [-0.05, 0) is 26.0 Å². The van der Waals surface area contributed by atoms with E-state index in [9.17, 15) is 35.9 Å². The van der Waals surface area contributed by atoms with Crippen LogP contribution >= 0.6 is 11.3 Å². The van der Waals surface area contributed by atoms with Crippen molar-refractivity contribution in [3.8, 4) is 10.7 Å². The Morgan fingerprint density at radius 3 is 2.14 bits per heavy atom. The molecular weight excluding hydrogens is 504 g/mol. The lowest BCUT2D eigenvalue weighted by Crippen LogP contribution is -2.29. The van der Waals surface area contributed by atoms with Crippen LogP contribution in [-0.2, 0) is 17.1 Å². The van der Waals surface area contributed by atoms with E-state index in [1.807, 2.05) is 0 Å². The van der Waals surface area contributed by atoms with E-state index in [2.05, 4.69) is 30.0 Å². The fraction of sp³-hybridized carbons (Fsp3) is 0.300. The van der Waals surface area contributed by atoms with Crippen molar-refractivity contribution in [2.75, 3.05) is 7.11 Å². The number of hydrogen-bond donors (Lipinski definition) is 1. The molecular formula is C20H15F6N5O3S. The SMILES string of the molecule is COC(=O)c1cnc(-c2ncc(C)nc2C(C)NC(=O)c2cc(C(F)(F)F)nc(C(F)(F)F)c2)s1. The molecule has 0 aliphatic carbocycles. The van der Waals surface area contributed by atoms with Crippen LogP contribution in [0, 0.1) is 6.92 Å². The molecule has 3 aromatic heterocycles. The number of rotatable bonds is 5. The Kier molecular flexibility index (Phi) is 7.10. The molecule has 0 bridgehead atoms. The van der Waals surface area contributed by atoms with Crippen LogP contribution < -0.4 is 5.32 Å². The molecule has 1 N–H and O–H groups in total. The van der Waals surface area contributed by atoms with E-state index in [0.717, 1.165) is 11.3 Å². The number of hydrogen-bond acceptors (Lipinski definition) is 8. The summed E-state index contributed by atoms with van der Waals surface area (Å²) >= 11 is 0.922. The molecule has 0 radical (unpaired) electrons. The molecule has 15 heteroatoms. The van der Waals surface area contributed by atoms with Crippen LogP contribution in [0.2, 0.25) is 0 Å². The molecule has 186 valence electrons. The zero-order valence-electron chi connectivity index (χ0n) is 18.1. The van der Waals surface area contributed by atoms with Gasteiger partial charge in [-0.25, -0.2) is 19.7 Å². The van der Waals surface area contributed by atoms with Crippen LogP contribution in [0.15, 0.2) is 24.5 Å². The Labute approximate surface area is 197 Å². The fourth-order valence-corrected chi connectivity index (χ4v) is 3.68. The minimum absolute atomic E-state index is 0.130. The minimum Gasteiger partial charge on any atom is -0.465 e. The predicted octanol–water partition coefficient (Wildman–Crippen LogP) is 4.62. The van der Waals surface area contributed by atoms with Crippen LogP contribution in [0.5, 0.6) is 0 Å². The van der Waals surface area contributed by atoms with E-state index in [4.69, 9.17) is 0 Å². The molecule has 0 fully saturated rings. The number of carbonyl (C=O) groups is 2. The zero-order chi connectivity index (χ0) is 26.1. The van der Waals surface area contributed by atoms with Crippen LogP contribution in [0.25, 0.3) is 10.7 Å². The van der Waals surface area contributed by atoms with E-state index in [-0.39, 0.29) is 33.4 Å². The molecule has 0 saturated carbocycles. The van der Waals surface area contributed by atoms with Crippen molar-refractivity contribution in [1.29, 1.82) is 0 Å². The normalized spacial score (nSPS) is 12.8. The summed E-state index contributed by atoms with van der Waals surface area (Å²) in [5.74, 6) is -1.87. The third-order valence-corrected chi connectivity index (χ3v) is 5.43. The van der Waals surface area contributed by atoms with Crippen LogP contribution in [0.3, 0.4) is 0 Å². The second-order valence-corrected chi connectivity index (χ2v) is 8.11. The summed E-state index contributed by atoms with van der Waals surface area (Å²) in [4.78, 5) is 39.7. The van der Waals surface area contributed by atoms with Crippen molar-refractivity contribution in [2.24, 2.45) is 0 Å². The summed E-state index contributed by atoms with van der Waals surface area (Å²) in [6, 6.07) is -0.570. The van der Waals surface area contributed by atoms with Crippen LogP contribution in [0.1, 0.15) is 55.8 Å². The van der Waals surface area contributed by atoms with Gasteiger partial charge in [0.1, 0.15) is 27.0 Å². The number of amides is 1. The Morgan fingerprint density at radius 1 is 1.00 bits per heavy atom. The molecule has 0 aromatic carbocycles. The van der Waals surface area contributed by atoms with E-state index >= 15 is 0 Å². The number of ether oxygens (including phenoxy) is 1. The first-order chi connectivity index (χ1) is 16.2. The largest absolute Gasteiger partial charge is 0.465 e. The van der Waals surface area contributed by atoms with Gasteiger partial charge < -0.3 is 10.1 Å². The number of halogens is 6. The Balaban J connectivity index is 1.97. The lowest BCUT2D eigenvalue weighted by Gasteiger charge is -2.17. The van der Waals surface area contributed by atoms with Gasteiger partial charge in [-0.1, -0.05) is 0 Å². The summed E-state index contributed by atoms with van der Waals surface area (Å²) in [5.41, 5.74) is -3.91. The smallest absolute Gasteiger partial charge is 0.433 e. The highest BCUT2D eigenvalue weighted by atomic mass is 32.1. The highest BCUT2D eigenvalue weighted by Crippen LogP contribution is 2.34. The first-order valence-corrected chi connectivity index (χ1v) is 10.4. The monoisotopic (exact) mass is 519 g/mol. The van der Waals surface area contributed by atoms with Crippen molar-refractivity contribution < 1.29 is 40.7 Å². The number of thiazole rings is 1. The number of methoxy groups -OCH3 is 1. The van der Waals surface area contributed by atoms with Gasteiger partial charge in [0.15, 0.2) is 0 Å². The average molecular weight is 519 g/mol. The van der Waals surface area contributed by atoms with E-state index in [1.54, 1.807) is 6.92 Å². The first-order valence-electron chi connectivity index (χ1n) is 9.56. The average Bonchev–Trinajstić information content (AvgIpc) is 3.27. The maximum absolute atomic E-state index is 13.1. The van der Waals surface area contributed by atoms with Crippen LogP contribution in [0.4, 0.5) is 26.3 Å². The van der Waals surface area contributed by atoms with Crippen LogP contribution in [-0.4, -0.2) is 38.9 Å². The molecule has 0 aliphatic heterocycles. The first kappa shape index (κ1) is 26.0. The van der Waals surface area contributed by atoms with Crippen molar-refractivity contribution in [1.82, 2.24) is 25.3 Å². The summed E-state index contributed by atoms with van der Waals surface area (Å²) in [6.45, 7) is 3.00. The highest BCUT2D eigenvalue weighted by molar-refractivity contribution is 7.16. The van der Waals surface area contributed by atoms with Gasteiger partial charge in [-0.3, -0.25) is 9.78 Å². The number of carbonyl (C=O) groups excluding carboxylic acids is 2.